The van der Waals surface area contributed by atoms with Crippen LogP contribution in [0.15, 0.2) is 60.0 Å². The molecule has 0 saturated heterocycles. The van der Waals surface area contributed by atoms with Crippen LogP contribution in [-0.4, -0.2) is 34.3 Å². The number of hydrogen-bond acceptors (Lipinski definition) is 3. The predicted octanol–water partition coefficient (Wildman–Crippen LogP) is 6.73. The van der Waals surface area contributed by atoms with Crippen molar-refractivity contribution in [3.8, 4) is 0 Å². The lowest BCUT2D eigenvalue weighted by molar-refractivity contribution is -0.133. The molecule has 1 aliphatic rings. The summed E-state index contributed by atoms with van der Waals surface area (Å²) in [7, 11) is 0. The number of nitrogens with zero attached hydrogens (tertiary/aromatic N) is 2. The Kier molecular flexibility index (Phi) is 8.70. The number of aryl methyl sites for hydroxylation is 1. The lowest BCUT2D eigenvalue weighted by Gasteiger charge is -2.35. The van der Waals surface area contributed by atoms with Crippen molar-refractivity contribution in [3.63, 3.8) is 0 Å². The quantitative estimate of drug-likeness (QED) is 0.365. The van der Waals surface area contributed by atoms with Gasteiger partial charge in [0.05, 0.1) is 6.54 Å². The molecule has 5 nitrogen and oxygen atoms in total. The maximum absolute atomic E-state index is 13.7. The van der Waals surface area contributed by atoms with E-state index in [1.807, 2.05) is 18.4 Å². The van der Waals surface area contributed by atoms with Crippen LogP contribution < -0.4 is 5.32 Å². The molecule has 0 spiro atoms. The Hall–Kier alpha value is -3.26. The van der Waals surface area contributed by atoms with Gasteiger partial charge in [-0.25, -0.2) is 13.6 Å². The molecule has 0 unspecified atom stereocenters. The Labute approximate surface area is 214 Å². The average Bonchev–Trinajstić information content (AvgIpc) is 3.28. The van der Waals surface area contributed by atoms with Gasteiger partial charge in [-0.3, -0.25) is 4.79 Å². The predicted molar refractivity (Wildman–Crippen MR) is 139 cm³/mol. The lowest BCUT2D eigenvalue weighted by Crippen LogP contribution is -2.49. The highest BCUT2D eigenvalue weighted by molar-refractivity contribution is 7.10. The molecular formula is C28H31F2N3O2S. The van der Waals surface area contributed by atoms with Crippen LogP contribution in [0.5, 0.6) is 0 Å². The first kappa shape index (κ1) is 25.8. The standard InChI is InChI=1S/C28H31F2N3O2S/c1-20-14-15-36-26(20)18-32(17-21-10-12-22(29)13-11-21)27(34)19-33(25-8-3-2-4-9-25)28(35)31-24-7-5-6-23(30)16-24/h5-7,10-16,25H,2-4,8-9,17-19H2,1H3,(H,31,35). The fourth-order valence-electron chi connectivity index (χ4n) is 4.55. The molecule has 3 aromatic rings. The van der Waals surface area contributed by atoms with Gasteiger partial charge in [0.15, 0.2) is 0 Å². The van der Waals surface area contributed by atoms with E-state index in [0.717, 1.165) is 48.1 Å². The van der Waals surface area contributed by atoms with Crippen molar-refractivity contribution >= 4 is 29.0 Å². The fraction of sp³-hybridized carbons (Fsp3) is 0.357. The van der Waals surface area contributed by atoms with Gasteiger partial charge < -0.3 is 15.1 Å². The Morgan fingerprint density at radius 2 is 1.72 bits per heavy atom. The number of amides is 3. The molecule has 190 valence electrons. The monoisotopic (exact) mass is 511 g/mol. The number of carbonyl (C=O) groups is 2. The zero-order valence-corrected chi connectivity index (χ0v) is 21.2. The maximum atomic E-state index is 13.7. The number of carbonyl (C=O) groups excluding carboxylic acids is 2. The van der Waals surface area contributed by atoms with Crippen LogP contribution in [0, 0.1) is 18.6 Å². The zero-order valence-electron chi connectivity index (χ0n) is 20.4. The molecule has 0 aliphatic heterocycles. The molecular weight excluding hydrogens is 480 g/mol. The van der Waals surface area contributed by atoms with Crippen molar-refractivity contribution in [3.05, 3.63) is 87.6 Å². The van der Waals surface area contributed by atoms with Crippen molar-refractivity contribution in [2.24, 2.45) is 0 Å². The first-order valence-electron chi connectivity index (χ1n) is 12.3. The highest BCUT2D eigenvalue weighted by atomic mass is 32.1. The maximum Gasteiger partial charge on any atom is 0.322 e. The Morgan fingerprint density at radius 3 is 2.39 bits per heavy atom. The Morgan fingerprint density at radius 1 is 0.972 bits per heavy atom. The van der Waals surface area contributed by atoms with Gasteiger partial charge in [0.25, 0.3) is 0 Å². The van der Waals surface area contributed by atoms with Gasteiger partial charge in [-0.05, 0) is 72.7 Å². The van der Waals surface area contributed by atoms with E-state index in [9.17, 15) is 18.4 Å². The first-order chi connectivity index (χ1) is 17.4. The summed E-state index contributed by atoms with van der Waals surface area (Å²) in [6, 6.07) is 13.4. The second-order valence-electron chi connectivity index (χ2n) is 9.26. The van der Waals surface area contributed by atoms with Gasteiger partial charge in [0, 0.05) is 23.2 Å². The number of rotatable bonds is 8. The zero-order chi connectivity index (χ0) is 25.5. The van der Waals surface area contributed by atoms with E-state index in [1.54, 1.807) is 39.3 Å². The Bertz CT molecular complexity index is 1180. The molecule has 4 rings (SSSR count). The van der Waals surface area contributed by atoms with E-state index in [4.69, 9.17) is 0 Å². The summed E-state index contributed by atoms with van der Waals surface area (Å²) >= 11 is 1.58. The molecule has 1 fully saturated rings. The molecule has 0 bridgehead atoms. The van der Waals surface area contributed by atoms with Gasteiger partial charge in [-0.15, -0.1) is 11.3 Å². The minimum Gasteiger partial charge on any atom is -0.332 e. The summed E-state index contributed by atoms with van der Waals surface area (Å²) in [6.45, 7) is 2.63. The van der Waals surface area contributed by atoms with E-state index < -0.39 is 11.8 Å². The molecule has 1 N–H and O–H groups in total. The van der Waals surface area contributed by atoms with Crippen molar-refractivity contribution < 1.29 is 18.4 Å². The third-order valence-corrected chi connectivity index (χ3v) is 7.61. The van der Waals surface area contributed by atoms with Crippen LogP contribution >= 0.6 is 11.3 Å². The number of halogens is 2. The summed E-state index contributed by atoms with van der Waals surface area (Å²) in [6.07, 6.45) is 4.75. The Balaban J connectivity index is 1.55. The van der Waals surface area contributed by atoms with Crippen LogP contribution in [0.4, 0.5) is 19.3 Å². The third kappa shape index (κ3) is 6.91. The van der Waals surface area contributed by atoms with E-state index >= 15 is 0 Å². The lowest BCUT2D eigenvalue weighted by atomic mass is 9.94. The average molecular weight is 512 g/mol. The van der Waals surface area contributed by atoms with Gasteiger partial charge in [0.2, 0.25) is 5.91 Å². The smallest absolute Gasteiger partial charge is 0.322 e. The van der Waals surface area contributed by atoms with E-state index in [-0.39, 0.29) is 24.3 Å². The van der Waals surface area contributed by atoms with E-state index in [0.29, 0.717) is 18.8 Å². The molecule has 2 aromatic carbocycles. The molecule has 1 saturated carbocycles. The number of hydrogen-bond donors (Lipinski definition) is 1. The molecule has 36 heavy (non-hydrogen) atoms. The van der Waals surface area contributed by atoms with Crippen LogP contribution in [0.3, 0.4) is 0 Å². The number of thiophene rings is 1. The van der Waals surface area contributed by atoms with Crippen LogP contribution in [-0.2, 0) is 17.9 Å². The van der Waals surface area contributed by atoms with Crippen molar-refractivity contribution in [2.75, 3.05) is 11.9 Å². The van der Waals surface area contributed by atoms with Gasteiger partial charge in [0.1, 0.15) is 18.2 Å². The SMILES string of the molecule is Cc1ccsc1CN(Cc1ccc(F)cc1)C(=O)CN(C(=O)Nc1cccc(F)c1)C1CCCCC1. The summed E-state index contributed by atoms with van der Waals surface area (Å²) in [5.41, 5.74) is 2.27. The molecule has 0 radical (unpaired) electrons. The van der Waals surface area contributed by atoms with Crippen LogP contribution in [0.1, 0.15) is 48.1 Å². The second kappa shape index (κ2) is 12.1. The normalized spacial score (nSPS) is 13.9. The highest BCUT2D eigenvalue weighted by Crippen LogP contribution is 2.25. The first-order valence-corrected chi connectivity index (χ1v) is 13.2. The van der Waals surface area contributed by atoms with Crippen LogP contribution in [0.25, 0.3) is 0 Å². The minimum atomic E-state index is -0.440. The molecule has 1 aromatic heterocycles. The topological polar surface area (TPSA) is 52.7 Å². The molecule has 1 aliphatic carbocycles. The summed E-state index contributed by atoms with van der Waals surface area (Å²) in [4.78, 5) is 31.4. The molecule has 3 amide bonds. The number of benzene rings is 2. The van der Waals surface area contributed by atoms with Crippen molar-refractivity contribution in [1.82, 2.24) is 9.80 Å². The largest absolute Gasteiger partial charge is 0.332 e. The van der Waals surface area contributed by atoms with Crippen LogP contribution in [0.2, 0.25) is 0 Å². The molecule has 0 atom stereocenters. The third-order valence-electron chi connectivity index (χ3n) is 6.60. The van der Waals surface area contributed by atoms with Crippen molar-refractivity contribution in [1.29, 1.82) is 0 Å². The van der Waals surface area contributed by atoms with Crippen molar-refractivity contribution in [2.45, 2.75) is 58.2 Å². The summed E-state index contributed by atoms with van der Waals surface area (Å²) in [5.74, 6) is -0.958. The van der Waals surface area contributed by atoms with E-state index in [1.165, 1.54) is 30.3 Å². The van der Waals surface area contributed by atoms with E-state index in [2.05, 4.69) is 5.32 Å². The number of anilines is 1. The molecule has 1 heterocycles. The van der Waals surface area contributed by atoms with Gasteiger partial charge >= 0.3 is 6.03 Å². The van der Waals surface area contributed by atoms with Gasteiger partial charge in [-0.2, -0.15) is 0 Å². The highest BCUT2D eigenvalue weighted by Gasteiger charge is 2.29. The minimum absolute atomic E-state index is 0.0626. The summed E-state index contributed by atoms with van der Waals surface area (Å²) < 4.78 is 27.1. The second-order valence-corrected chi connectivity index (χ2v) is 10.3. The fourth-order valence-corrected chi connectivity index (χ4v) is 5.47. The number of urea groups is 1. The number of nitrogens with one attached hydrogen (secondary N) is 1. The van der Waals surface area contributed by atoms with Gasteiger partial charge in [-0.1, -0.05) is 37.5 Å². The molecule has 8 heteroatoms. The summed E-state index contributed by atoms with van der Waals surface area (Å²) in [5, 5.41) is 4.76.